The smallest absolute Gasteiger partial charge is 0.200 e. The van der Waals surface area contributed by atoms with Gasteiger partial charge in [-0.3, -0.25) is 4.79 Å². The van der Waals surface area contributed by atoms with Crippen molar-refractivity contribution in [2.75, 3.05) is 14.2 Å². The minimum atomic E-state index is -1.26. The Bertz CT molecular complexity index is 880. The average molecular weight is 384 g/mol. The highest BCUT2D eigenvalue weighted by Gasteiger charge is 2.63. The molecular weight excluding hydrogens is 360 g/mol. The summed E-state index contributed by atoms with van der Waals surface area (Å²) in [6.07, 6.45) is -1.47. The van der Waals surface area contributed by atoms with Crippen LogP contribution in [0.25, 0.3) is 0 Å². The highest BCUT2D eigenvalue weighted by Crippen LogP contribution is 2.48. The highest BCUT2D eigenvalue weighted by molar-refractivity contribution is 5.95. The summed E-state index contributed by atoms with van der Waals surface area (Å²) in [4.78, 5) is 13.1. The third kappa shape index (κ3) is 3.17. The molecule has 2 heterocycles. The zero-order valence-corrected chi connectivity index (χ0v) is 16.4. The quantitative estimate of drug-likeness (QED) is 0.713. The molecule has 6 heteroatoms. The van der Waals surface area contributed by atoms with E-state index in [-0.39, 0.29) is 11.9 Å². The lowest BCUT2D eigenvalue weighted by Crippen LogP contribution is -2.49. The van der Waals surface area contributed by atoms with Gasteiger partial charge < -0.3 is 23.7 Å². The van der Waals surface area contributed by atoms with Crippen LogP contribution in [0, 0.1) is 6.92 Å². The molecule has 28 heavy (non-hydrogen) atoms. The summed E-state index contributed by atoms with van der Waals surface area (Å²) in [5, 5.41) is 0. The van der Waals surface area contributed by atoms with Crippen LogP contribution in [0.2, 0.25) is 0 Å². The number of hydrogen-bond acceptors (Lipinski definition) is 6. The number of rotatable bonds is 6. The van der Waals surface area contributed by atoms with Crippen LogP contribution in [0.3, 0.4) is 0 Å². The maximum Gasteiger partial charge on any atom is 0.200 e. The normalized spacial score (nSPS) is 28.6. The average Bonchev–Trinajstić information content (AvgIpc) is 3.51. The Hall–Kier alpha value is -2.41. The Morgan fingerprint density at radius 2 is 1.86 bits per heavy atom. The lowest BCUT2D eigenvalue weighted by atomic mass is 9.85. The van der Waals surface area contributed by atoms with Crippen LogP contribution in [0.15, 0.2) is 42.5 Å². The van der Waals surface area contributed by atoms with Gasteiger partial charge in [-0.15, -0.1) is 0 Å². The summed E-state index contributed by atoms with van der Waals surface area (Å²) in [5.41, 5.74) is 1.28. The summed E-state index contributed by atoms with van der Waals surface area (Å²) in [7, 11) is 3.14. The fourth-order valence-corrected chi connectivity index (χ4v) is 3.66. The topological polar surface area (TPSA) is 66.5 Å². The minimum absolute atomic E-state index is 0.138. The van der Waals surface area contributed by atoms with E-state index in [1.54, 1.807) is 21.1 Å². The molecule has 2 aromatic carbocycles. The number of benzene rings is 2. The number of hydrogen-bond donors (Lipinski definition) is 0. The van der Waals surface area contributed by atoms with Gasteiger partial charge in [0.25, 0.3) is 0 Å². The summed E-state index contributed by atoms with van der Waals surface area (Å²) in [6.45, 7) is 4.04. The number of aryl methyl sites for hydroxylation is 1. The largest absolute Gasteiger partial charge is 0.496 e. The van der Waals surface area contributed by atoms with Gasteiger partial charge in [0.15, 0.2) is 18.0 Å². The molecule has 2 fully saturated rings. The first-order chi connectivity index (χ1) is 13.5. The summed E-state index contributed by atoms with van der Waals surface area (Å²) >= 11 is 0. The van der Waals surface area contributed by atoms with Crippen LogP contribution in [0.1, 0.15) is 23.6 Å². The number of carbonyl (C=O) groups is 1. The van der Waals surface area contributed by atoms with Gasteiger partial charge in [-0.1, -0.05) is 30.3 Å². The van der Waals surface area contributed by atoms with E-state index in [4.69, 9.17) is 23.7 Å². The van der Waals surface area contributed by atoms with Crippen molar-refractivity contribution in [2.45, 2.75) is 44.6 Å². The van der Waals surface area contributed by atoms with Crippen molar-refractivity contribution >= 4 is 5.78 Å². The van der Waals surface area contributed by atoms with E-state index >= 15 is 0 Å². The monoisotopic (exact) mass is 384 g/mol. The van der Waals surface area contributed by atoms with E-state index in [1.165, 1.54) is 0 Å². The molecule has 0 bridgehead atoms. The Labute approximate surface area is 164 Å². The molecule has 2 aliphatic heterocycles. The molecule has 4 atom stereocenters. The maximum atomic E-state index is 13.1. The molecule has 2 aromatic rings. The van der Waals surface area contributed by atoms with Crippen molar-refractivity contribution in [1.29, 1.82) is 0 Å². The number of Topliss-reactive ketones (excluding diaryl/α,β-unsaturated/α-hetero) is 1. The molecule has 0 unspecified atom stereocenters. The molecule has 6 nitrogen and oxygen atoms in total. The molecule has 4 rings (SSSR count). The number of carbonyl (C=O) groups excluding carboxylic acids is 1. The lowest BCUT2D eigenvalue weighted by Gasteiger charge is -2.35. The van der Waals surface area contributed by atoms with Gasteiger partial charge in [-0.05, 0) is 37.1 Å². The number of ketones is 1. The molecule has 0 aliphatic carbocycles. The van der Waals surface area contributed by atoms with E-state index in [0.717, 1.165) is 11.1 Å². The van der Waals surface area contributed by atoms with Gasteiger partial charge in [0.2, 0.25) is 5.78 Å². The predicted octanol–water partition coefficient (Wildman–Crippen LogP) is 3.14. The third-order valence-corrected chi connectivity index (χ3v) is 5.35. The fourth-order valence-electron chi connectivity index (χ4n) is 3.66. The van der Waals surface area contributed by atoms with Crippen LogP contribution in [0.4, 0.5) is 0 Å². The van der Waals surface area contributed by atoms with Crippen molar-refractivity contribution in [1.82, 2.24) is 0 Å². The zero-order chi connectivity index (χ0) is 19.9. The van der Waals surface area contributed by atoms with Crippen molar-refractivity contribution in [3.8, 4) is 11.5 Å². The fraction of sp³-hybridized carbons (Fsp3) is 0.409. The van der Waals surface area contributed by atoms with E-state index in [2.05, 4.69) is 0 Å². The molecule has 0 aromatic heterocycles. The first kappa shape index (κ1) is 18.9. The molecule has 2 aliphatic rings. The van der Waals surface area contributed by atoms with Crippen molar-refractivity contribution < 1.29 is 28.5 Å². The SMILES string of the molecule is COc1cc([C@]2(C)O[C@@H](OC)[C@@H]3O[C@@H]3C2=O)c(OCc2ccccc2)cc1C. The van der Waals surface area contributed by atoms with Crippen LogP contribution < -0.4 is 9.47 Å². The maximum absolute atomic E-state index is 13.1. The summed E-state index contributed by atoms with van der Waals surface area (Å²) < 4.78 is 28.6. The number of epoxide rings is 1. The standard InChI is InChI=1S/C22H24O6/c1-13-10-17(26-12-14-8-6-5-7-9-14)15(11-16(13)24-3)22(2)20(23)18-19(27-18)21(25-4)28-22/h5-11,18-19,21H,12H2,1-4H3/t18-,19+,21+,22-/m0/s1. The van der Waals surface area contributed by atoms with Crippen LogP contribution in [-0.4, -0.2) is 38.5 Å². The second-order valence-electron chi connectivity index (χ2n) is 7.23. The van der Waals surface area contributed by atoms with Crippen LogP contribution in [0.5, 0.6) is 11.5 Å². The number of ether oxygens (including phenoxy) is 5. The molecule has 148 valence electrons. The van der Waals surface area contributed by atoms with Crippen LogP contribution in [-0.2, 0) is 31.2 Å². The van der Waals surface area contributed by atoms with E-state index in [1.807, 2.05) is 49.4 Å². The number of fused-ring (bicyclic) bond motifs is 1. The Morgan fingerprint density at radius 3 is 2.54 bits per heavy atom. The van der Waals surface area contributed by atoms with Crippen LogP contribution >= 0.6 is 0 Å². The highest BCUT2D eigenvalue weighted by atomic mass is 16.7. The van der Waals surface area contributed by atoms with Gasteiger partial charge in [-0.25, -0.2) is 0 Å². The van der Waals surface area contributed by atoms with Crippen molar-refractivity contribution in [3.05, 3.63) is 59.2 Å². The molecule has 2 saturated heterocycles. The first-order valence-electron chi connectivity index (χ1n) is 9.24. The van der Waals surface area contributed by atoms with Gasteiger partial charge in [0.1, 0.15) is 24.2 Å². The molecule has 0 spiro atoms. The van der Waals surface area contributed by atoms with E-state index in [9.17, 15) is 4.79 Å². The van der Waals surface area contributed by atoms with Gasteiger partial charge in [-0.2, -0.15) is 0 Å². The second-order valence-corrected chi connectivity index (χ2v) is 7.23. The minimum Gasteiger partial charge on any atom is -0.496 e. The van der Waals surface area contributed by atoms with E-state index in [0.29, 0.717) is 23.7 Å². The van der Waals surface area contributed by atoms with Gasteiger partial charge in [0, 0.05) is 12.7 Å². The third-order valence-electron chi connectivity index (χ3n) is 5.35. The molecular formula is C22H24O6. The second kappa shape index (κ2) is 7.20. The molecule has 0 saturated carbocycles. The van der Waals surface area contributed by atoms with Gasteiger partial charge in [0.05, 0.1) is 7.11 Å². The summed E-state index contributed by atoms with van der Waals surface area (Å²) in [5.74, 6) is 1.10. The first-order valence-corrected chi connectivity index (χ1v) is 9.24. The number of methoxy groups -OCH3 is 2. The van der Waals surface area contributed by atoms with Gasteiger partial charge >= 0.3 is 0 Å². The Balaban J connectivity index is 1.72. The Morgan fingerprint density at radius 1 is 1.11 bits per heavy atom. The van der Waals surface area contributed by atoms with Crippen molar-refractivity contribution in [2.24, 2.45) is 0 Å². The zero-order valence-electron chi connectivity index (χ0n) is 16.4. The van der Waals surface area contributed by atoms with E-state index < -0.39 is 18.0 Å². The molecule has 0 N–H and O–H groups in total. The lowest BCUT2D eigenvalue weighted by molar-refractivity contribution is -0.213. The van der Waals surface area contributed by atoms with Crippen molar-refractivity contribution in [3.63, 3.8) is 0 Å². The predicted molar refractivity (Wildman–Crippen MR) is 101 cm³/mol. The molecule has 0 amide bonds. The summed E-state index contributed by atoms with van der Waals surface area (Å²) in [6, 6.07) is 13.5. The molecule has 0 radical (unpaired) electrons. The Kier molecular flexibility index (Phi) is 4.87.